The van der Waals surface area contributed by atoms with E-state index in [-0.39, 0.29) is 11.5 Å². The van der Waals surface area contributed by atoms with Gasteiger partial charge in [0.25, 0.3) is 0 Å². The molecule has 0 radical (unpaired) electrons. The predicted molar refractivity (Wildman–Crippen MR) is 170 cm³/mol. The molecular formula is C37H35BrF6O2. The van der Waals surface area contributed by atoms with Gasteiger partial charge in [-0.1, -0.05) is 74.2 Å². The van der Waals surface area contributed by atoms with Crippen LogP contribution >= 0.6 is 15.9 Å². The normalized spacial score (nSPS) is 17.1. The molecule has 6 rings (SSSR count). The molecule has 4 aromatic rings. The second-order valence-electron chi connectivity index (χ2n) is 12.2. The highest BCUT2D eigenvalue weighted by atomic mass is 79.9. The van der Waals surface area contributed by atoms with Crippen molar-refractivity contribution in [3.05, 3.63) is 119 Å². The largest absolute Gasteiger partial charge is 0.388 e. The average molecular weight is 706 g/mol. The van der Waals surface area contributed by atoms with E-state index >= 15 is 0 Å². The van der Waals surface area contributed by atoms with Crippen molar-refractivity contribution in [2.75, 3.05) is 0 Å². The van der Waals surface area contributed by atoms with E-state index in [1.165, 1.54) is 25.0 Å². The first kappa shape index (κ1) is 34.2. The third-order valence-electron chi connectivity index (χ3n) is 9.05. The fraction of sp³-hybridized carbons (Fsp3) is 0.351. The summed E-state index contributed by atoms with van der Waals surface area (Å²) >= 11 is 1.99. The lowest BCUT2D eigenvalue weighted by molar-refractivity contribution is 0.105. The summed E-state index contributed by atoms with van der Waals surface area (Å²) < 4.78 is 80.7. The number of alkyl halides is 3. The van der Waals surface area contributed by atoms with Gasteiger partial charge in [0, 0.05) is 6.07 Å². The monoisotopic (exact) mass is 704 g/mol. The van der Waals surface area contributed by atoms with Gasteiger partial charge in [-0.2, -0.15) is 8.78 Å². The molecule has 2 unspecified atom stereocenters. The van der Waals surface area contributed by atoms with Crippen molar-refractivity contribution in [2.24, 2.45) is 11.8 Å². The second-order valence-corrected chi connectivity index (χ2v) is 13.2. The molecule has 46 heavy (non-hydrogen) atoms. The van der Waals surface area contributed by atoms with E-state index in [0.717, 1.165) is 73.4 Å². The first-order chi connectivity index (χ1) is 21.9. The summed E-state index contributed by atoms with van der Waals surface area (Å²) in [5, 5.41) is 20.7. The molecule has 0 saturated heterocycles. The maximum absolute atomic E-state index is 13.9. The third-order valence-corrected chi connectivity index (χ3v) is 9.45. The van der Waals surface area contributed by atoms with Crippen molar-refractivity contribution in [2.45, 2.75) is 68.4 Å². The SMILES string of the molecule is OC(c1ccc(-c2cc(F)c(C(F)(F)Br)c(F)c2)cc1)C1CCCC1.OC(c1ccc(-c2cc(F)cc(F)c2)cc1)C1CCCC1. The molecule has 2 saturated carbocycles. The molecular weight excluding hydrogens is 670 g/mol. The van der Waals surface area contributed by atoms with Gasteiger partial charge in [0.1, 0.15) is 28.8 Å². The van der Waals surface area contributed by atoms with Gasteiger partial charge in [0.2, 0.25) is 0 Å². The van der Waals surface area contributed by atoms with Crippen LogP contribution in [0.5, 0.6) is 0 Å². The Balaban J connectivity index is 0.000000184. The summed E-state index contributed by atoms with van der Waals surface area (Å²) in [5.41, 5.74) is 2.24. The molecule has 2 aliphatic rings. The van der Waals surface area contributed by atoms with E-state index < -0.39 is 45.9 Å². The predicted octanol–water partition coefficient (Wildman–Crippen LogP) is 11.2. The number of aliphatic hydroxyl groups excluding tert-OH is 2. The fourth-order valence-electron chi connectivity index (χ4n) is 6.57. The number of aliphatic hydroxyl groups is 2. The highest BCUT2D eigenvalue weighted by Crippen LogP contribution is 2.40. The molecule has 0 aromatic heterocycles. The van der Waals surface area contributed by atoms with Crippen LogP contribution in [0.4, 0.5) is 26.3 Å². The van der Waals surface area contributed by atoms with Crippen molar-refractivity contribution in [1.29, 1.82) is 0 Å². The van der Waals surface area contributed by atoms with E-state index in [4.69, 9.17) is 0 Å². The number of benzene rings is 4. The van der Waals surface area contributed by atoms with Crippen LogP contribution < -0.4 is 0 Å². The Kier molecular flexibility index (Phi) is 11.0. The van der Waals surface area contributed by atoms with Crippen molar-refractivity contribution in [1.82, 2.24) is 0 Å². The molecule has 2 atom stereocenters. The summed E-state index contributed by atoms with van der Waals surface area (Å²) in [7, 11) is 0. The maximum Gasteiger partial charge on any atom is 0.332 e. The Morgan fingerprint density at radius 3 is 1.24 bits per heavy atom. The zero-order valence-corrected chi connectivity index (χ0v) is 26.6. The molecule has 4 aromatic carbocycles. The Morgan fingerprint density at radius 1 is 0.543 bits per heavy atom. The van der Waals surface area contributed by atoms with Gasteiger partial charge < -0.3 is 10.2 Å². The van der Waals surface area contributed by atoms with Gasteiger partial charge in [0.15, 0.2) is 0 Å². The van der Waals surface area contributed by atoms with Crippen LogP contribution in [0.1, 0.15) is 80.3 Å². The molecule has 244 valence electrons. The van der Waals surface area contributed by atoms with E-state index in [9.17, 15) is 36.6 Å². The van der Waals surface area contributed by atoms with Crippen molar-refractivity contribution < 1.29 is 36.6 Å². The standard InChI is InChI=1S/C19H17BrF4O.C18H18F2O/c20-19(23,24)17-15(21)9-14(10-16(17)22)11-5-7-13(8-6-11)18(25)12-3-1-2-4-12;19-16-9-15(10-17(20)11-16)12-5-7-14(8-6-12)18(21)13-3-1-2-4-13/h5-10,12,18,25H,1-4H2;5-11,13,18,21H,1-4H2. The Bertz CT molecular complexity index is 1570. The number of hydrogen-bond donors (Lipinski definition) is 2. The minimum atomic E-state index is -3.77. The summed E-state index contributed by atoms with van der Waals surface area (Å²) in [6.45, 7) is 0. The van der Waals surface area contributed by atoms with Gasteiger partial charge in [-0.05, 0) is 111 Å². The molecule has 0 heterocycles. The molecule has 0 amide bonds. The van der Waals surface area contributed by atoms with Crippen LogP contribution in [0.3, 0.4) is 0 Å². The summed E-state index contributed by atoms with van der Waals surface area (Å²) in [4.78, 5) is -3.77. The van der Waals surface area contributed by atoms with Crippen LogP contribution in [0.15, 0.2) is 78.9 Å². The lowest BCUT2D eigenvalue weighted by Crippen LogP contribution is -2.10. The van der Waals surface area contributed by atoms with E-state index in [2.05, 4.69) is 0 Å². The van der Waals surface area contributed by atoms with Crippen LogP contribution in [0.25, 0.3) is 22.3 Å². The zero-order valence-electron chi connectivity index (χ0n) is 25.0. The second kappa shape index (κ2) is 14.7. The molecule has 0 spiro atoms. The zero-order chi connectivity index (χ0) is 33.0. The van der Waals surface area contributed by atoms with Crippen LogP contribution in [0, 0.1) is 35.1 Å². The van der Waals surface area contributed by atoms with Crippen LogP contribution in [-0.2, 0) is 4.83 Å². The fourth-order valence-corrected chi connectivity index (χ4v) is 6.95. The Hall–Kier alpha value is -3.14. The highest BCUT2D eigenvalue weighted by molar-refractivity contribution is 9.09. The number of hydrogen-bond acceptors (Lipinski definition) is 2. The van der Waals surface area contributed by atoms with Gasteiger partial charge >= 0.3 is 4.83 Å². The lowest BCUT2D eigenvalue weighted by Gasteiger charge is -2.18. The first-order valence-electron chi connectivity index (χ1n) is 15.5. The van der Waals surface area contributed by atoms with Gasteiger partial charge in [-0.3, -0.25) is 0 Å². The van der Waals surface area contributed by atoms with Crippen LogP contribution in [-0.4, -0.2) is 10.2 Å². The smallest absolute Gasteiger partial charge is 0.332 e. The topological polar surface area (TPSA) is 40.5 Å². The number of halogens is 7. The Morgan fingerprint density at radius 2 is 0.891 bits per heavy atom. The quantitative estimate of drug-likeness (QED) is 0.148. The summed E-state index contributed by atoms with van der Waals surface area (Å²) in [6, 6.07) is 19.2. The average Bonchev–Trinajstić information content (AvgIpc) is 3.75. The summed E-state index contributed by atoms with van der Waals surface area (Å²) in [5.74, 6) is -3.22. The molecule has 2 aliphatic carbocycles. The van der Waals surface area contributed by atoms with Crippen molar-refractivity contribution in [3.8, 4) is 22.3 Å². The molecule has 0 bridgehead atoms. The van der Waals surface area contributed by atoms with Crippen LogP contribution in [0.2, 0.25) is 0 Å². The lowest BCUT2D eigenvalue weighted by atomic mass is 9.93. The van der Waals surface area contributed by atoms with Gasteiger partial charge in [0.05, 0.1) is 12.2 Å². The molecule has 2 nitrogen and oxygen atoms in total. The highest BCUT2D eigenvalue weighted by Gasteiger charge is 2.35. The minimum Gasteiger partial charge on any atom is -0.388 e. The van der Waals surface area contributed by atoms with E-state index in [1.807, 2.05) is 40.2 Å². The first-order valence-corrected chi connectivity index (χ1v) is 16.3. The number of rotatable bonds is 7. The van der Waals surface area contributed by atoms with Crippen molar-refractivity contribution in [3.63, 3.8) is 0 Å². The molecule has 0 aliphatic heterocycles. The minimum absolute atomic E-state index is 0.164. The van der Waals surface area contributed by atoms with Gasteiger partial charge in [-0.15, -0.1) is 0 Å². The molecule has 2 N–H and O–H groups in total. The van der Waals surface area contributed by atoms with Gasteiger partial charge in [-0.25, -0.2) is 17.6 Å². The van der Waals surface area contributed by atoms with E-state index in [1.54, 1.807) is 24.3 Å². The van der Waals surface area contributed by atoms with E-state index in [0.29, 0.717) is 17.0 Å². The Labute approximate surface area is 273 Å². The third kappa shape index (κ3) is 8.22. The summed E-state index contributed by atoms with van der Waals surface area (Å²) in [6.07, 6.45) is 7.71. The maximum atomic E-state index is 13.9. The molecule has 9 heteroatoms. The molecule has 2 fully saturated rings. The van der Waals surface area contributed by atoms with Crippen molar-refractivity contribution >= 4 is 15.9 Å².